The van der Waals surface area contributed by atoms with Gasteiger partial charge in [0.1, 0.15) is 0 Å². The van der Waals surface area contributed by atoms with Crippen molar-refractivity contribution in [2.75, 3.05) is 0 Å². The molecule has 0 N–H and O–H groups in total. The third kappa shape index (κ3) is 14.5. The van der Waals surface area contributed by atoms with Crippen LogP contribution in [0.4, 0.5) is 0 Å². The van der Waals surface area contributed by atoms with E-state index in [1.165, 1.54) is 98.8 Å². The molecule has 3 heteroatoms. The SMILES string of the molecule is CCCCCCCCCCCCCCCCCC(=O)C([Se]c1ccccc1)[Se]c1ccccc1. The molecule has 0 atom stereocenters. The van der Waals surface area contributed by atoms with Crippen molar-refractivity contribution in [3.63, 3.8) is 0 Å². The van der Waals surface area contributed by atoms with Gasteiger partial charge in [-0.1, -0.05) is 45.4 Å². The van der Waals surface area contributed by atoms with E-state index in [0.29, 0.717) is 5.78 Å². The zero-order valence-corrected chi connectivity index (χ0v) is 24.8. The quantitative estimate of drug-likeness (QED) is 0.108. The van der Waals surface area contributed by atoms with Crippen LogP contribution in [0.1, 0.15) is 110 Å². The number of benzene rings is 2. The summed E-state index contributed by atoms with van der Waals surface area (Å²) in [5.74, 6) is 0.502. The van der Waals surface area contributed by atoms with E-state index in [-0.39, 0.29) is 33.6 Å². The number of hydrogen-bond donors (Lipinski definition) is 0. The standard InChI is InChI=1S/C31H46OSe2/c1-2-3-4-5-6-7-8-9-10-11-12-13-14-15-22-27-30(32)31(33-28-23-18-16-19-24-28)34-29-25-20-17-21-26-29/h16-21,23-26,31H,2-15,22,27H2,1H3. The van der Waals surface area contributed by atoms with Crippen LogP contribution >= 0.6 is 0 Å². The number of carbonyl (C=O) groups is 1. The third-order valence-corrected chi connectivity index (χ3v) is 12.6. The Bertz CT molecular complexity index is 690. The predicted octanol–water partition coefficient (Wildman–Crippen LogP) is 7.62. The van der Waals surface area contributed by atoms with Gasteiger partial charge in [-0.3, -0.25) is 0 Å². The fourth-order valence-corrected chi connectivity index (χ4v) is 10.6. The first-order valence-corrected chi connectivity index (χ1v) is 17.4. The monoisotopic (exact) mass is 594 g/mol. The molecule has 2 aromatic carbocycles. The average molecular weight is 593 g/mol. The number of hydrogen-bond acceptors (Lipinski definition) is 1. The predicted molar refractivity (Wildman–Crippen MR) is 152 cm³/mol. The summed E-state index contributed by atoms with van der Waals surface area (Å²) in [5.41, 5.74) is 0. The Labute approximate surface area is 222 Å². The van der Waals surface area contributed by atoms with Gasteiger partial charge in [-0.15, -0.1) is 0 Å². The summed E-state index contributed by atoms with van der Waals surface area (Å²) >= 11 is 0.452. The van der Waals surface area contributed by atoms with Gasteiger partial charge in [0.25, 0.3) is 0 Å². The Hall–Kier alpha value is -0.851. The minimum atomic E-state index is 0.219. The van der Waals surface area contributed by atoms with Crippen LogP contribution in [-0.4, -0.2) is 35.7 Å². The van der Waals surface area contributed by atoms with Crippen molar-refractivity contribution in [3.05, 3.63) is 60.7 Å². The summed E-state index contributed by atoms with van der Waals surface area (Å²) < 4.78 is 2.92. The van der Waals surface area contributed by atoms with Crippen LogP contribution in [0.3, 0.4) is 0 Å². The van der Waals surface area contributed by atoms with Gasteiger partial charge in [-0.25, -0.2) is 0 Å². The van der Waals surface area contributed by atoms with Crippen molar-refractivity contribution < 1.29 is 4.79 Å². The van der Waals surface area contributed by atoms with E-state index in [4.69, 9.17) is 0 Å². The summed E-state index contributed by atoms with van der Waals surface area (Å²) in [7, 11) is 0. The fraction of sp³-hybridized carbons (Fsp3) is 0.581. The number of rotatable bonds is 21. The second kappa shape index (κ2) is 20.4. The Morgan fingerprint density at radius 3 is 1.29 bits per heavy atom. The van der Waals surface area contributed by atoms with E-state index < -0.39 is 0 Å². The zero-order chi connectivity index (χ0) is 24.1. The van der Waals surface area contributed by atoms with Crippen molar-refractivity contribution in [1.82, 2.24) is 0 Å². The van der Waals surface area contributed by atoms with Crippen LogP contribution in [0.25, 0.3) is 0 Å². The normalized spacial score (nSPS) is 11.2. The van der Waals surface area contributed by atoms with Gasteiger partial charge in [0.15, 0.2) is 0 Å². The number of carbonyl (C=O) groups excluding carboxylic acids is 1. The Kier molecular flexibility index (Phi) is 17.6. The van der Waals surface area contributed by atoms with Crippen LogP contribution in [0.15, 0.2) is 60.7 Å². The van der Waals surface area contributed by atoms with Crippen LogP contribution < -0.4 is 8.92 Å². The van der Waals surface area contributed by atoms with Gasteiger partial charge in [0, 0.05) is 0 Å². The number of Topliss-reactive ketones (excluding diaryl/α,β-unsaturated/α-hetero) is 1. The molecule has 0 aliphatic carbocycles. The van der Waals surface area contributed by atoms with E-state index in [1.807, 2.05) is 0 Å². The molecule has 2 rings (SSSR count). The Balaban J connectivity index is 1.54. The van der Waals surface area contributed by atoms with Gasteiger partial charge >= 0.3 is 178 Å². The summed E-state index contributed by atoms with van der Waals surface area (Å²) in [6.45, 7) is 2.29. The van der Waals surface area contributed by atoms with Crippen LogP contribution in [0, 0.1) is 0 Å². The van der Waals surface area contributed by atoms with E-state index in [0.717, 1.165) is 12.8 Å². The second-order valence-electron chi connectivity index (χ2n) is 9.36. The molecule has 0 heterocycles. The number of unbranched alkanes of at least 4 members (excludes halogenated alkanes) is 14. The molecular formula is C31H46OSe2. The van der Waals surface area contributed by atoms with E-state index in [2.05, 4.69) is 67.6 Å². The van der Waals surface area contributed by atoms with Crippen molar-refractivity contribution in [2.45, 2.75) is 113 Å². The summed E-state index contributed by atoms with van der Waals surface area (Å²) in [4.78, 5) is 13.1. The first-order valence-electron chi connectivity index (χ1n) is 13.8. The Morgan fingerprint density at radius 1 is 0.559 bits per heavy atom. The summed E-state index contributed by atoms with van der Waals surface area (Å²) in [6.07, 6.45) is 21.3. The molecule has 0 aliphatic rings. The molecule has 0 unspecified atom stereocenters. The van der Waals surface area contributed by atoms with E-state index in [1.54, 1.807) is 0 Å². The third-order valence-electron chi connectivity index (χ3n) is 6.26. The first kappa shape index (κ1) is 29.4. The van der Waals surface area contributed by atoms with Gasteiger partial charge in [0.05, 0.1) is 0 Å². The second-order valence-corrected chi connectivity index (χ2v) is 15.8. The maximum atomic E-state index is 13.1. The van der Waals surface area contributed by atoms with Gasteiger partial charge in [-0.05, 0) is 0 Å². The van der Waals surface area contributed by atoms with Crippen LogP contribution in [0.5, 0.6) is 0 Å². The van der Waals surface area contributed by atoms with Gasteiger partial charge in [0.2, 0.25) is 0 Å². The molecule has 2 aromatic rings. The van der Waals surface area contributed by atoms with Gasteiger partial charge < -0.3 is 0 Å². The van der Waals surface area contributed by atoms with Crippen LogP contribution in [-0.2, 0) is 4.79 Å². The van der Waals surface area contributed by atoms with Crippen molar-refractivity contribution in [3.8, 4) is 0 Å². The topological polar surface area (TPSA) is 17.1 Å². The Morgan fingerprint density at radius 2 is 0.912 bits per heavy atom. The molecule has 0 amide bonds. The summed E-state index contributed by atoms with van der Waals surface area (Å²) in [6, 6.07) is 21.3. The number of ketones is 1. The van der Waals surface area contributed by atoms with E-state index in [9.17, 15) is 4.79 Å². The molecule has 0 aromatic heterocycles. The van der Waals surface area contributed by atoms with E-state index >= 15 is 0 Å². The zero-order valence-electron chi connectivity index (χ0n) is 21.4. The first-order chi connectivity index (χ1) is 16.8. The van der Waals surface area contributed by atoms with Crippen molar-refractivity contribution in [1.29, 1.82) is 0 Å². The van der Waals surface area contributed by atoms with Crippen molar-refractivity contribution in [2.24, 2.45) is 0 Å². The molecule has 0 fully saturated rings. The molecule has 0 saturated carbocycles. The molecule has 0 spiro atoms. The molecule has 188 valence electrons. The molecule has 0 bridgehead atoms. The molecular weight excluding hydrogens is 546 g/mol. The van der Waals surface area contributed by atoms with Crippen LogP contribution in [0.2, 0.25) is 3.71 Å². The fourth-order valence-electron chi connectivity index (χ4n) is 4.19. The molecule has 0 radical (unpaired) electrons. The molecule has 0 aliphatic heterocycles. The summed E-state index contributed by atoms with van der Waals surface area (Å²) in [5, 5.41) is 0. The average Bonchev–Trinajstić information content (AvgIpc) is 2.87. The van der Waals surface area contributed by atoms with Gasteiger partial charge in [-0.2, -0.15) is 0 Å². The molecule has 34 heavy (non-hydrogen) atoms. The maximum absolute atomic E-state index is 13.1. The van der Waals surface area contributed by atoms with Crippen molar-refractivity contribution >= 4 is 44.6 Å². The molecule has 1 nitrogen and oxygen atoms in total. The molecule has 0 saturated heterocycles. The minimum absolute atomic E-state index is 0.219.